The summed E-state index contributed by atoms with van der Waals surface area (Å²) in [5, 5.41) is 9.65. The van der Waals surface area contributed by atoms with E-state index in [2.05, 4.69) is 62.0 Å². The van der Waals surface area contributed by atoms with E-state index < -0.39 is 5.91 Å². The Balaban J connectivity index is 1.05. The fraction of sp³-hybridized carbons (Fsp3) is 0.474. The van der Waals surface area contributed by atoms with Crippen molar-refractivity contribution >= 4 is 34.9 Å². The second kappa shape index (κ2) is 14.5. The van der Waals surface area contributed by atoms with Gasteiger partial charge in [0, 0.05) is 68.3 Å². The van der Waals surface area contributed by atoms with E-state index in [0.717, 1.165) is 68.8 Å². The molecule has 2 aromatic carbocycles. The summed E-state index contributed by atoms with van der Waals surface area (Å²) in [5.41, 5.74) is 11.5. The Bertz CT molecular complexity index is 1670. The number of hydrogen-bond donors (Lipinski definition) is 4. The molecule has 3 aliphatic rings. The van der Waals surface area contributed by atoms with Crippen LogP contribution in [0.15, 0.2) is 48.7 Å². The number of carbonyl (C=O) groups excluding carboxylic acids is 3. The number of rotatable bonds is 10. The summed E-state index contributed by atoms with van der Waals surface area (Å²) >= 11 is 0. The zero-order valence-corrected chi connectivity index (χ0v) is 29.4. The first-order chi connectivity index (χ1) is 23.5. The molecule has 260 valence electrons. The zero-order chi connectivity index (χ0) is 34.8. The molecule has 3 aliphatic heterocycles. The number of fused-ring (bicyclic) bond motifs is 2. The number of aromatic nitrogens is 1. The molecule has 0 unspecified atom stereocenters. The molecule has 4 atom stereocenters. The van der Waals surface area contributed by atoms with Crippen molar-refractivity contribution in [3.63, 3.8) is 0 Å². The number of nitrogens with two attached hydrogens (primary N) is 1. The summed E-state index contributed by atoms with van der Waals surface area (Å²) in [5.74, 6) is 0.0740. The molecule has 0 aliphatic carbocycles. The molecule has 0 saturated carbocycles. The van der Waals surface area contributed by atoms with Crippen LogP contribution in [0.4, 0.5) is 17.2 Å². The average Bonchev–Trinajstić information content (AvgIpc) is 3.36. The Morgan fingerprint density at radius 2 is 1.63 bits per heavy atom. The van der Waals surface area contributed by atoms with Crippen LogP contribution in [0.1, 0.15) is 93.3 Å². The van der Waals surface area contributed by atoms with Crippen LogP contribution in [0, 0.1) is 13.8 Å². The maximum absolute atomic E-state index is 13.5. The second-order valence-corrected chi connectivity index (χ2v) is 13.9. The maximum Gasteiger partial charge on any atom is 0.253 e. The Morgan fingerprint density at radius 3 is 2.22 bits per heavy atom. The number of nitrogens with one attached hydrogen (secondary N) is 3. The SMILES string of the molecule is CCNc1c(C)c(C(=O)N[C@H]2C[C@H]3CC[C@@H](C2)N3c2ccc(C(=O)N[C@@H](C)c3ccc(N4CCN(C)CC4)cc3)cn2)cc(C)c1C(N)=O. The predicted molar refractivity (Wildman–Crippen MR) is 195 cm³/mol. The van der Waals surface area contributed by atoms with Crippen LogP contribution in [-0.2, 0) is 0 Å². The van der Waals surface area contributed by atoms with Crippen molar-refractivity contribution in [3.05, 3.63) is 82.0 Å². The van der Waals surface area contributed by atoms with Gasteiger partial charge in [-0.2, -0.15) is 0 Å². The average molecular weight is 667 g/mol. The molecule has 3 saturated heterocycles. The van der Waals surface area contributed by atoms with Crippen molar-refractivity contribution in [1.29, 1.82) is 0 Å². The Kier molecular flexibility index (Phi) is 10.1. The van der Waals surface area contributed by atoms with E-state index >= 15 is 0 Å². The van der Waals surface area contributed by atoms with Gasteiger partial charge >= 0.3 is 0 Å². The smallest absolute Gasteiger partial charge is 0.253 e. The molecule has 3 fully saturated rings. The van der Waals surface area contributed by atoms with Gasteiger partial charge in [-0.15, -0.1) is 0 Å². The van der Waals surface area contributed by atoms with Crippen molar-refractivity contribution < 1.29 is 14.4 Å². The van der Waals surface area contributed by atoms with Gasteiger partial charge < -0.3 is 36.4 Å². The topological polar surface area (TPSA) is 136 Å². The summed E-state index contributed by atoms with van der Waals surface area (Å²) in [4.78, 5) is 50.7. The van der Waals surface area contributed by atoms with Crippen LogP contribution >= 0.6 is 0 Å². The highest BCUT2D eigenvalue weighted by Crippen LogP contribution is 2.39. The molecule has 1 aromatic heterocycles. The first-order valence-corrected chi connectivity index (χ1v) is 17.6. The van der Waals surface area contributed by atoms with E-state index in [4.69, 9.17) is 10.7 Å². The van der Waals surface area contributed by atoms with Crippen molar-refractivity contribution in [2.24, 2.45) is 5.73 Å². The van der Waals surface area contributed by atoms with Crippen LogP contribution in [0.3, 0.4) is 0 Å². The Hall–Kier alpha value is -4.64. The Morgan fingerprint density at radius 1 is 0.959 bits per heavy atom. The van der Waals surface area contributed by atoms with Gasteiger partial charge in [-0.25, -0.2) is 4.98 Å². The van der Waals surface area contributed by atoms with Gasteiger partial charge in [0.25, 0.3) is 17.7 Å². The highest BCUT2D eigenvalue weighted by molar-refractivity contribution is 6.05. The van der Waals surface area contributed by atoms with E-state index in [-0.39, 0.29) is 36.0 Å². The number of amides is 3. The minimum atomic E-state index is -0.508. The summed E-state index contributed by atoms with van der Waals surface area (Å²) in [6.45, 7) is 12.4. The quantitative estimate of drug-likeness (QED) is 0.250. The normalized spacial score (nSPS) is 21.3. The summed E-state index contributed by atoms with van der Waals surface area (Å²) in [7, 11) is 2.16. The number of piperidine rings is 1. The number of nitrogens with zero attached hydrogens (tertiary/aromatic N) is 4. The van der Waals surface area contributed by atoms with Gasteiger partial charge in [-0.05, 0) is 107 Å². The Labute approximate surface area is 289 Å². The third kappa shape index (κ3) is 7.22. The third-order valence-corrected chi connectivity index (χ3v) is 10.6. The lowest BCUT2D eigenvalue weighted by Gasteiger charge is -2.40. The number of benzene rings is 2. The molecule has 11 nitrogen and oxygen atoms in total. The monoisotopic (exact) mass is 666 g/mol. The maximum atomic E-state index is 13.5. The van der Waals surface area contributed by atoms with Gasteiger partial charge in [0.1, 0.15) is 5.82 Å². The number of piperazine rings is 1. The standard InChI is InChI=1S/C38H50N8O3/c1-6-40-35-24(3)32(19-23(2)34(35)36(39)47)38(49)43-28-20-30-12-13-31(21-28)46(30)33-14-9-27(22-41-33)37(48)42-25(4)26-7-10-29(11-8-26)45-17-15-44(5)16-18-45/h7-11,14,19,22,25,28,30-31,40H,6,12-13,15-18,20-21H2,1-5H3,(H2,39,47)(H,42,48)(H,43,49)/t25-,28-,30+,31-/m0/s1. The van der Waals surface area contributed by atoms with Crippen molar-refractivity contribution in [3.8, 4) is 0 Å². The highest BCUT2D eigenvalue weighted by Gasteiger charge is 2.42. The highest BCUT2D eigenvalue weighted by atomic mass is 16.2. The predicted octanol–water partition coefficient (Wildman–Crippen LogP) is 4.40. The minimum absolute atomic E-state index is 0.0292. The molecule has 6 rings (SSSR count). The second-order valence-electron chi connectivity index (χ2n) is 13.9. The largest absolute Gasteiger partial charge is 0.384 e. The van der Waals surface area contributed by atoms with Crippen LogP contribution in [-0.4, -0.2) is 85.5 Å². The van der Waals surface area contributed by atoms with Gasteiger partial charge in [0.2, 0.25) is 0 Å². The lowest BCUT2D eigenvalue weighted by molar-refractivity contribution is 0.0921. The molecular weight excluding hydrogens is 616 g/mol. The fourth-order valence-electron chi connectivity index (χ4n) is 7.87. The summed E-state index contributed by atoms with van der Waals surface area (Å²) in [6.07, 6.45) is 5.36. The van der Waals surface area contributed by atoms with Gasteiger partial charge in [-0.3, -0.25) is 14.4 Å². The van der Waals surface area contributed by atoms with Crippen LogP contribution < -0.4 is 31.5 Å². The van der Waals surface area contributed by atoms with E-state index in [1.807, 2.05) is 39.8 Å². The van der Waals surface area contributed by atoms with E-state index in [1.54, 1.807) is 12.3 Å². The third-order valence-electron chi connectivity index (χ3n) is 10.6. The molecule has 3 aromatic rings. The van der Waals surface area contributed by atoms with Crippen molar-refractivity contribution in [2.75, 3.05) is 54.9 Å². The summed E-state index contributed by atoms with van der Waals surface area (Å²) in [6, 6.07) is 14.5. The molecule has 4 heterocycles. The van der Waals surface area contributed by atoms with Crippen LogP contribution in [0.5, 0.6) is 0 Å². The molecular formula is C38H50N8O3. The number of pyridine rings is 1. The number of carbonyl (C=O) groups is 3. The number of primary amides is 1. The zero-order valence-electron chi connectivity index (χ0n) is 29.4. The molecule has 0 spiro atoms. The van der Waals surface area contributed by atoms with Crippen molar-refractivity contribution in [1.82, 2.24) is 20.5 Å². The lowest BCUT2D eigenvalue weighted by Crippen LogP contribution is -2.51. The van der Waals surface area contributed by atoms with E-state index in [0.29, 0.717) is 34.5 Å². The van der Waals surface area contributed by atoms with Crippen LogP contribution in [0.25, 0.3) is 0 Å². The number of aryl methyl sites for hydroxylation is 1. The van der Waals surface area contributed by atoms with Gasteiger partial charge in [0.05, 0.1) is 22.9 Å². The van der Waals surface area contributed by atoms with E-state index in [1.165, 1.54) is 5.69 Å². The number of anilines is 3. The first kappa shape index (κ1) is 34.2. The summed E-state index contributed by atoms with van der Waals surface area (Å²) < 4.78 is 0. The molecule has 5 N–H and O–H groups in total. The molecule has 0 radical (unpaired) electrons. The van der Waals surface area contributed by atoms with Crippen molar-refractivity contribution in [2.45, 2.75) is 77.5 Å². The number of hydrogen-bond acceptors (Lipinski definition) is 8. The van der Waals surface area contributed by atoms with Gasteiger partial charge in [-0.1, -0.05) is 12.1 Å². The van der Waals surface area contributed by atoms with Crippen LogP contribution in [0.2, 0.25) is 0 Å². The lowest BCUT2D eigenvalue weighted by atomic mass is 9.94. The molecule has 49 heavy (non-hydrogen) atoms. The van der Waals surface area contributed by atoms with Gasteiger partial charge in [0.15, 0.2) is 0 Å². The fourth-order valence-corrected chi connectivity index (χ4v) is 7.87. The molecule has 2 bridgehead atoms. The molecule has 3 amide bonds. The first-order valence-electron chi connectivity index (χ1n) is 17.6. The van der Waals surface area contributed by atoms with E-state index in [9.17, 15) is 14.4 Å². The number of likely N-dealkylation sites (N-methyl/N-ethyl adjacent to an activating group) is 1. The molecule has 11 heteroatoms. The minimum Gasteiger partial charge on any atom is -0.384 e.